The van der Waals surface area contributed by atoms with Gasteiger partial charge in [0.05, 0.1) is 5.69 Å². The van der Waals surface area contributed by atoms with Gasteiger partial charge in [0.15, 0.2) is 0 Å². The van der Waals surface area contributed by atoms with Gasteiger partial charge in [-0.1, -0.05) is 329 Å². The first-order chi connectivity index (χ1) is 46.1. The molecular formula is C91H98ClF2N3. The van der Waals surface area contributed by atoms with Crippen LogP contribution in [0.5, 0.6) is 0 Å². The number of nitrogens with zero attached hydrogens (tertiary/aromatic N) is 3. The molecule has 498 valence electrons. The molecule has 12 rings (SSSR count). The monoisotopic (exact) mass is 1310 g/mol. The number of halogens is 3. The molecule has 97 heavy (non-hydrogen) atoms. The summed E-state index contributed by atoms with van der Waals surface area (Å²) in [7, 11) is 0. The van der Waals surface area contributed by atoms with Gasteiger partial charge in [-0.25, -0.2) is 8.78 Å². The molecule has 9 aromatic carbocycles. The van der Waals surface area contributed by atoms with Crippen LogP contribution in [0.4, 0.5) is 8.78 Å². The Morgan fingerprint density at radius 3 is 1.23 bits per heavy atom. The standard InChI is InChI=1S/C16H17F.C15H15Cl.C15H15F.3C15H17N/c1-16(2,3)14-8-4-6-12(10-14)13-7-5-9-15(17)11-13;2*1-11(2)12-6-5-7-13(10-12)14-8-3-4-9-15(14)16;1-15(2,3)14-9-5-4-8-13(14)12-7-6-10-16-11-12;1-15(2,3)13-9-5-4-8-12(13)14-10-6-7-11-16-14;1-15(2,3)14-7-5-4-6-13(14)12-8-10-16-11-9-12/h4-11H,1-3H3;2*3-11H,1-2H3;3*4-11H,1-3H3. The lowest BCUT2D eigenvalue weighted by Gasteiger charge is -2.22. The van der Waals surface area contributed by atoms with E-state index in [0.29, 0.717) is 17.4 Å². The summed E-state index contributed by atoms with van der Waals surface area (Å²) < 4.78 is 26.8. The van der Waals surface area contributed by atoms with E-state index < -0.39 is 0 Å². The first kappa shape index (κ1) is 75.0. The van der Waals surface area contributed by atoms with E-state index in [9.17, 15) is 8.78 Å². The fraction of sp³-hybridized carbons (Fsp3) is 0.242. The van der Waals surface area contributed by atoms with Crippen LogP contribution in [0.1, 0.15) is 156 Å². The van der Waals surface area contributed by atoms with Gasteiger partial charge in [0.25, 0.3) is 0 Å². The van der Waals surface area contributed by atoms with Crippen molar-refractivity contribution >= 4 is 11.6 Å². The van der Waals surface area contributed by atoms with Crippen LogP contribution >= 0.6 is 11.6 Å². The number of aromatic nitrogens is 3. The molecule has 0 amide bonds. The van der Waals surface area contributed by atoms with Gasteiger partial charge in [0.1, 0.15) is 11.6 Å². The van der Waals surface area contributed by atoms with Crippen molar-refractivity contribution in [3.63, 3.8) is 0 Å². The molecule has 0 saturated heterocycles. The summed E-state index contributed by atoms with van der Waals surface area (Å²) in [5.74, 6) is 0.654. The Balaban J connectivity index is 0.000000164. The average molecular weight is 1310 g/mol. The molecule has 0 unspecified atom stereocenters. The van der Waals surface area contributed by atoms with Crippen LogP contribution in [0.15, 0.2) is 292 Å². The number of hydrogen-bond donors (Lipinski definition) is 0. The molecule has 0 saturated carbocycles. The maximum atomic E-state index is 13.6. The van der Waals surface area contributed by atoms with Crippen molar-refractivity contribution < 1.29 is 8.78 Å². The van der Waals surface area contributed by atoms with Crippen molar-refractivity contribution in [3.05, 3.63) is 342 Å². The minimum Gasteiger partial charge on any atom is -0.265 e. The smallest absolute Gasteiger partial charge is 0.131 e. The molecule has 6 heteroatoms. The summed E-state index contributed by atoms with van der Waals surface area (Å²) in [6, 6.07) is 86.3. The summed E-state index contributed by atoms with van der Waals surface area (Å²) in [5, 5.41) is 0.809. The van der Waals surface area contributed by atoms with Crippen LogP contribution in [0.25, 0.3) is 66.9 Å². The quantitative estimate of drug-likeness (QED) is 0.152. The van der Waals surface area contributed by atoms with Crippen LogP contribution in [0, 0.1) is 11.6 Å². The number of hydrogen-bond acceptors (Lipinski definition) is 3. The Hall–Kier alpha value is -9.42. The Morgan fingerprint density at radius 1 is 0.309 bits per heavy atom. The van der Waals surface area contributed by atoms with Crippen molar-refractivity contribution in [2.45, 2.75) is 144 Å². The van der Waals surface area contributed by atoms with Crippen molar-refractivity contribution in [2.75, 3.05) is 0 Å². The Labute approximate surface area is 584 Å². The third kappa shape index (κ3) is 22.6. The van der Waals surface area contributed by atoms with Gasteiger partial charge in [0, 0.05) is 58.3 Å². The van der Waals surface area contributed by atoms with Gasteiger partial charge in [-0.2, -0.15) is 0 Å². The van der Waals surface area contributed by atoms with Gasteiger partial charge >= 0.3 is 0 Å². The summed E-state index contributed by atoms with van der Waals surface area (Å²) >= 11 is 6.19. The Kier molecular flexibility index (Phi) is 27.1. The van der Waals surface area contributed by atoms with Crippen molar-refractivity contribution in [1.29, 1.82) is 0 Å². The summed E-state index contributed by atoms with van der Waals surface area (Å²) in [6.07, 6.45) is 9.26. The zero-order valence-electron chi connectivity index (χ0n) is 59.8. The highest BCUT2D eigenvalue weighted by Crippen LogP contribution is 2.36. The van der Waals surface area contributed by atoms with E-state index in [2.05, 4.69) is 277 Å². The largest absolute Gasteiger partial charge is 0.265 e. The second kappa shape index (κ2) is 35.0. The molecule has 0 spiro atoms. The minimum atomic E-state index is -0.191. The highest BCUT2D eigenvalue weighted by molar-refractivity contribution is 6.33. The maximum Gasteiger partial charge on any atom is 0.131 e. The number of benzene rings is 9. The third-order valence-electron chi connectivity index (χ3n) is 16.5. The molecule has 3 heterocycles. The second-order valence-electron chi connectivity index (χ2n) is 28.9. The lowest BCUT2D eigenvalue weighted by Crippen LogP contribution is -2.12. The minimum absolute atomic E-state index is 0.114. The summed E-state index contributed by atoms with van der Waals surface area (Å²) in [5.41, 5.74) is 21.7. The Morgan fingerprint density at radius 2 is 0.742 bits per heavy atom. The van der Waals surface area contributed by atoms with Gasteiger partial charge in [0.2, 0.25) is 0 Å². The molecule has 3 aromatic heterocycles. The molecule has 3 nitrogen and oxygen atoms in total. The summed E-state index contributed by atoms with van der Waals surface area (Å²) in [4.78, 5) is 12.7. The van der Waals surface area contributed by atoms with Crippen LogP contribution in [0.2, 0.25) is 5.02 Å². The number of pyridine rings is 3. The predicted octanol–water partition coefficient (Wildman–Crippen LogP) is 26.7. The number of rotatable bonds is 8. The van der Waals surface area contributed by atoms with E-state index in [1.807, 2.05) is 110 Å². The molecule has 0 aliphatic heterocycles. The first-order valence-electron chi connectivity index (χ1n) is 33.7. The van der Waals surface area contributed by atoms with Crippen molar-refractivity contribution in [2.24, 2.45) is 0 Å². The van der Waals surface area contributed by atoms with Crippen molar-refractivity contribution in [1.82, 2.24) is 15.0 Å². The van der Waals surface area contributed by atoms with E-state index in [4.69, 9.17) is 11.6 Å². The van der Waals surface area contributed by atoms with E-state index in [1.54, 1.807) is 18.2 Å². The van der Waals surface area contributed by atoms with E-state index in [0.717, 1.165) is 33.0 Å². The van der Waals surface area contributed by atoms with Gasteiger partial charge in [-0.3, -0.25) is 15.0 Å². The van der Waals surface area contributed by atoms with Crippen LogP contribution in [-0.2, 0) is 21.7 Å². The lowest BCUT2D eigenvalue weighted by molar-refractivity contribution is 0.590. The molecular weight excluding hydrogens is 1210 g/mol. The predicted molar refractivity (Wildman–Crippen MR) is 413 cm³/mol. The molecule has 0 bridgehead atoms. The molecule has 0 radical (unpaired) electrons. The van der Waals surface area contributed by atoms with Crippen LogP contribution in [-0.4, -0.2) is 15.0 Å². The topological polar surface area (TPSA) is 38.7 Å². The zero-order valence-corrected chi connectivity index (χ0v) is 60.6. The molecule has 0 aliphatic carbocycles. The van der Waals surface area contributed by atoms with Gasteiger partial charge in [-0.05, 0) is 160 Å². The summed E-state index contributed by atoms with van der Waals surface area (Å²) in [6.45, 7) is 35.4. The maximum absolute atomic E-state index is 13.6. The molecule has 0 fully saturated rings. The van der Waals surface area contributed by atoms with E-state index in [1.165, 1.54) is 78.9 Å². The van der Waals surface area contributed by atoms with Crippen LogP contribution < -0.4 is 0 Å². The van der Waals surface area contributed by atoms with Crippen LogP contribution in [0.3, 0.4) is 0 Å². The van der Waals surface area contributed by atoms with Gasteiger partial charge in [-0.15, -0.1) is 0 Å². The van der Waals surface area contributed by atoms with Crippen molar-refractivity contribution in [3.8, 4) is 66.9 Å². The fourth-order valence-electron chi connectivity index (χ4n) is 11.1. The SMILES string of the molecule is CC(C)(C)c1cccc(-c2cccc(F)c2)c1.CC(C)(C)c1ccccc1-c1ccccn1.CC(C)(C)c1ccccc1-c1cccnc1.CC(C)(C)c1ccccc1-c1ccncc1.CC(C)c1cccc(-c2ccccc2Cl)c1.CC(C)c1cccc(-c2ccccc2F)c1. The normalized spacial score (nSPS) is 11.2. The second-order valence-corrected chi connectivity index (χ2v) is 29.3. The molecule has 12 aromatic rings. The highest BCUT2D eigenvalue weighted by atomic mass is 35.5. The molecule has 0 aliphatic rings. The third-order valence-corrected chi connectivity index (χ3v) is 16.8. The Bertz CT molecular complexity index is 4040. The lowest BCUT2D eigenvalue weighted by atomic mass is 9.82. The highest BCUT2D eigenvalue weighted by Gasteiger charge is 2.21. The molecule has 0 atom stereocenters. The van der Waals surface area contributed by atoms with E-state index in [-0.39, 0.29) is 33.3 Å². The fourth-order valence-corrected chi connectivity index (χ4v) is 11.3. The average Bonchev–Trinajstić information content (AvgIpc) is 0.852. The zero-order chi connectivity index (χ0) is 70.3. The molecule has 0 N–H and O–H groups in total. The first-order valence-corrected chi connectivity index (χ1v) is 34.0. The van der Waals surface area contributed by atoms with E-state index >= 15 is 0 Å². The van der Waals surface area contributed by atoms with Gasteiger partial charge < -0.3 is 0 Å².